The minimum Gasteiger partial charge on any atom is -0.443 e. The molecule has 80 valence electrons. The fourth-order valence-electron chi connectivity index (χ4n) is 1.42. The van der Waals surface area contributed by atoms with Gasteiger partial charge in [-0.3, -0.25) is 4.79 Å². The van der Waals surface area contributed by atoms with Crippen molar-refractivity contribution in [1.82, 2.24) is 4.90 Å². The van der Waals surface area contributed by atoms with Gasteiger partial charge >= 0.3 is 6.09 Å². The summed E-state index contributed by atoms with van der Waals surface area (Å²) in [5.74, 6) is -0.133. The Hall–Kier alpha value is -1.06. The Labute approximate surface area is 84.2 Å². The van der Waals surface area contributed by atoms with Gasteiger partial charge in [0, 0.05) is 12.5 Å². The fraction of sp³-hybridized carbons (Fsp3) is 0.800. The number of rotatable bonds is 0. The first-order valence-electron chi connectivity index (χ1n) is 4.86. The van der Waals surface area contributed by atoms with Crippen molar-refractivity contribution in [2.75, 3.05) is 0 Å². The normalized spacial score (nSPS) is 22.7. The largest absolute Gasteiger partial charge is 0.443 e. The Morgan fingerprint density at radius 2 is 2.07 bits per heavy atom. The predicted octanol–water partition coefficient (Wildman–Crippen LogP) is 1.93. The average molecular weight is 199 g/mol. The van der Waals surface area contributed by atoms with E-state index in [4.69, 9.17) is 4.74 Å². The fourth-order valence-corrected chi connectivity index (χ4v) is 1.42. The molecule has 0 radical (unpaired) electrons. The molecule has 1 aliphatic rings. The van der Waals surface area contributed by atoms with Crippen LogP contribution in [-0.4, -0.2) is 28.5 Å². The lowest BCUT2D eigenvalue weighted by Gasteiger charge is -2.25. The molecule has 1 heterocycles. The van der Waals surface area contributed by atoms with Gasteiger partial charge in [-0.1, -0.05) is 0 Å². The van der Waals surface area contributed by atoms with E-state index in [1.165, 1.54) is 4.90 Å². The molecule has 1 aliphatic heterocycles. The number of ether oxygens (including phenoxy) is 1. The van der Waals surface area contributed by atoms with Crippen LogP contribution >= 0.6 is 0 Å². The molecule has 0 aromatic carbocycles. The average Bonchev–Trinajstić information content (AvgIpc) is 2.27. The second-order valence-electron chi connectivity index (χ2n) is 4.63. The van der Waals surface area contributed by atoms with Gasteiger partial charge in [0.15, 0.2) is 0 Å². The maximum absolute atomic E-state index is 11.6. The molecule has 1 atom stereocenters. The van der Waals surface area contributed by atoms with Crippen LogP contribution in [0.1, 0.15) is 40.5 Å². The molecule has 0 N–H and O–H groups in total. The highest BCUT2D eigenvalue weighted by molar-refractivity contribution is 5.94. The number of hydrogen-bond donors (Lipinski definition) is 0. The summed E-state index contributed by atoms with van der Waals surface area (Å²) >= 11 is 0. The van der Waals surface area contributed by atoms with E-state index in [0.29, 0.717) is 6.42 Å². The first-order chi connectivity index (χ1) is 6.31. The van der Waals surface area contributed by atoms with Gasteiger partial charge in [-0.2, -0.15) is 0 Å². The number of carbonyl (C=O) groups is 2. The van der Waals surface area contributed by atoms with Crippen LogP contribution in [0.15, 0.2) is 0 Å². The summed E-state index contributed by atoms with van der Waals surface area (Å²) in [5.41, 5.74) is -0.542. The third-order valence-electron chi connectivity index (χ3n) is 2.08. The molecule has 0 aromatic heterocycles. The molecule has 0 saturated carbocycles. The maximum atomic E-state index is 11.6. The van der Waals surface area contributed by atoms with Crippen LogP contribution in [0, 0.1) is 0 Å². The molecule has 4 nitrogen and oxygen atoms in total. The summed E-state index contributed by atoms with van der Waals surface area (Å²) in [6, 6.07) is -0.0302. The molecule has 14 heavy (non-hydrogen) atoms. The van der Waals surface area contributed by atoms with E-state index in [1.54, 1.807) is 20.8 Å². The van der Waals surface area contributed by atoms with E-state index in [-0.39, 0.29) is 11.9 Å². The highest BCUT2D eigenvalue weighted by Gasteiger charge is 2.35. The van der Waals surface area contributed by atoms with Crippen LogP contribution in [0.3, 0.4) is 0 Å². The van der Waals surface area contributed by atoms with Crippen LogP contribution in [0.4, 0.5) is 4.79 Å². The van der Waals surface area contributed by atoms with E-state index in [0.717, 1.165) is 6.42 Å². The van der Waals surface area contributed by atoms with E-state index in [2.05, 4.69) is 0 Å². The van der Waals surface area contributed by atoms with Gasteiger partial charge in [-0.25, -0.2) is 9.69 Å². The maximum Gasteiger partial charge on any atom is 0.417 e. The first-order valence-corrected chi connectivity index (χ1v) is 4.86. The lowest BCUT2D eigenvalue weighted by Crippen LogP contribution is -2.41. The zero-order chi connectivity index (χ0) is 10.9. The van der Waals surface area contributed by atoms with Crippen LogP contribution in [0.5, 0.6) is 0 Å². The van der Waals surface area contributed by atoms with Crippen LogP contribution in [-0.2, 0) is 9.53 Å². The van der Waals surface area contributed by atoms with Crippen molar-refractivity contribution in [2.24, 2.45) is 0 Å². The van der Waals surface area contributed by atoms with Gasteiger partial charge in [0.05, 0.1) is 0 Å². The third kappa shape index (κ3) is 2.47. The molecule has 0 unspecified atom stereocenters. The number of imide groups is 1. The standard InChI is InChI=1S/C10H17NO3/c1-7-5-6-8(12)11(7)9(13)14-10(2,3)4/h7H,5-6H2,1-4H3/t7-/m0/s1. The first kappa shape index (κ1) is 11.0. The smallest absolute Gasteiger partial charge is 0.417 e. The van der Waals surface area contributed by atoms with Crippen molar-refractivity contribution in [3.8, 4) is 0 Å². The Bertz CT molecular complexity index is 255. The van der Waals surface area contributed by atoms with Crippen molar-refractivity contribution in [1.29, 1.82) is 0 Å². The Morgan fingerprint density at radius 3 is 2.43 bits per heavy atom. The van der Waals surface area contributed by atoms with Crippen molar-refractivity contribution < 1.29 is 14.3 Å². The summed E-state index contributed by atoms with van der Waals surface area (Å²) in [5, 5.41) is 0. The minimum absolute atomic E-state index is 0.0302. The lowest BCUT2D eigenvalue weighted by atomic mass is 10.2. The van der Waals surface area contributed by atoms with Gasteiger partial charge in [0.1, 0.15) is 5.60 Å². The van der Waals surface area contributed by atoms with Crippen LogP contribution in [0.25, 0.3) is 0 Å². The van der Waals surface area contributed by atoms with Crippen molar-refractivity contribution in [2.45, 2.75) is 52.2 Å². The second kappa shape index (κ2) is 3.59. The van der Waals surface area contributed by atoms with Gasteiger partial charge in [-0.05, 0) is 34.1 Å². The number of likely N-dealkylation sites (tertiary alicyclic amines) is 1. The summed E-state index contributed by atoms with van der Waals surface area (Å²) in [4.78, 5) is 24.1. The SMILES string of the molecule is C[C@H]1CCC(=O)N1C(=O)OC(C)(C)C. The highest BCUT2D eigenvalue weighted by Crippen LogP contribution is 2.21. The molecular weight excluding hydrogens is 182 g/mol. The zero-order valence-corrected chi connectivity index (χ0v) is 9.16. The van der Waals surface area contributed by atoms with Crippen LogP contribution < -0.4 is 0 Å². The minimum atomic E-state index is -0.542. The highest BCUT2D eigenvalue weighted by atomic mass is 16.6. The van der Waals surface area contributed by atoms with Crippen molar-refractivity contribution in [3.05, 3.63) is 0 Å². The van der Waals surface area contributed by atoms with Gasteiger partial charge in [0.2, 0.25) is 5.91 Å². The molecule has 0 aromatic rings. The Morgan fingerprint density at radius 1 is 1.50 bits per heavy atom. The number of carbonyl (C=O) groups excluding carboxylic acids is 2. The van der Waals surface area contributed by atoms with E-state index >= 15 is 0 Å². The number of amides is 2. The quantitative estimate of drug-likeness (QED) is 0.599. The molecule has 2 amide bonds. The summed E-state index contributed by atoms with van der Waals surface area (Å²) < 4.78 is 5.13. The summed E-state index contributed by atoms with van der Waals surface area (Å²) in [7, 11) is 0. The zero-order valence-electron chi connectivity index (χ0n) is 9.16. The van der Waals surface area contributed by atoms with E-state index < -0.39 is 11.7 Å². The summed E-state index contributed by atoms with van der Waals surface area (Å²) in [6.45, 7) is 7.22. The van der Waals surface area contributed by atoms with E-state index in [1.807, 2.05) is 6.92 Å². The Kier molecular flexibility index (Phi) is 2.83. The molecule has 0 aliphatic carbocycles. The monoisotopic (exact) mass is 199 g/mol. The molecule has 4 heteroatoms. The van der Waals surface area contributed by atoms with Gasteiger partial charge < -0.3 is 4.74 Å². The summed E-state index contributed by atoms with van der Waals surface area (Å²) in [6.07, 6.45) is 0.658. The molecule has 1 rings (SSSR count). The molecule has 1 saturated heterocycles. The molecular formula is C10H17NO3. The molecule has 0 bridgehead atoms. The van der Waals surface area contributed by atoms with Gasteiger partial charge in [0.25, 0.3) is 0 Å². The number of hydrogen-bond acceptors (Lipinski definition) is 3. The van der Waals surface area contributed by atoms with E-state index in [9.17, 15) is 9.59 Å². The van der Waals surface area contributed by atoms with Gasteiger partial charge in [-0.15, -0.1) is 0 Å². The third-order valence-corrected chi connectivity index (χ3v) is 2.08. The number of nitrogens with zero attached hydrogens (tertiary/aromatic N) is 1. The molecule has 0 spiro atoms. The van der Waals surface area contributed by atoms with Crippen LogP contribution in [0.2, 0.25) is 0 Å². The second-order valence-corrected chi connectivity index (χ2v) is 4.63. The Balaban J connectivity index is 2.65. The van der Waals surface area contributed by atoms with Crippen molar-refractivity contribution >= 4 is 12.0 Å². The predicted molar refractivity (Wildman–Crippen MR) is 51.8 cm³/mol. The molecule has 1 fully saturated rings. The topological polar surface area (TPSA) is 46.6 Å². The van der Waals surface area contributed by atoms with Crippen molar-refractivity contribution in [3.63, 3.8) is 0 Å². The lowest BCUT2D eigenvalue weighted by molar-refractivity contribution is -0.127.